The fourth-order valence-electron chi connectivity index (χ4n) is 3.59. The van der Waals surface area contributed by atoms with Gasteiger partial charge in [-0.15, -0.1) is 0 Å². The number of carboxylic acid groups (broad SMARTS) is 1. The van der Waals surface area contributed by atoms with E-state index >= 15 is 0 Å². The van der Waals surface area contributed by atoms with Crippen molar-refractivity contribution in [1.29, 1.82) is 0 Å². The molecule has 3 atom stereocenters. The Bertz CT molecular complexity index is 874. The first-order chi connectivity index (χ1) is 11.9. The number of aliphatic carboxylic acids is 1. The van der Waals surface area contributed by atoms with Crippen LogP contribution in [-0.4, -0.2) is 38.5 Å². The van der Waals surface area contributed by atoms with Crippen LogP contribution in [-0.2, 0) is 19.4 Å². The molecule has 0 heterocycles. The lowest BCUT2D eigenvalue weighted by atomic mass is 9.99. The van der Waals surface area contributed by atoms with Crippen molar-refractivity contribution in [3.8, 4) is 0 Å². The van der Waals surface area contributed by atoms with E-state index in [2.05, 4.69) is 0 Å². The molecule has 132 valence electrons. The van der Waals surface area contributed by atoms with Crippen LogP contribution in [0.1, 0.15) is 17.0 Å². The van der Waals surface area contributed by atoms with Crippen LogP contribution in [0.4, 0.5) is 0 Å². The molecule has 0 saturated heterocycles. The normalized spacial score (nSPS) is 25.5. The second-order valence-corrected chi connectivity index (χ2v) is 8.51. The van der Waals surface area contributed by atoms with Crippen molar-refractivity contribution in [3.05, 3.63) is 65.7 Å². The summed E-state index contributed by atoms with van der Waals surface area (Å²) in [5.74, 6) is -1.79. The zero-order valence-electron chi connectivity index (χ0n) is 14.0. The minimum atomic E-state index is -3.81. The average Bonchev–Trinajstić information content (AvgIpc) is 3.28. The summed E-state index contributed by atoms with van der Waals surface area (Å²) in [7, 11) is -2.42. The molecule has 6 heteroatoms. The van der Waals surface area contributed by atoms with Crippen LogP contribution in [0.5, 0.6) is 0 Å². The first-order valence-corrected chi connectivity index (χ1v) is 9.48. The van der Waals surface area contributed by atoms with Crippen LogP contribution in [0.2, 0.25) is 0 Å². The molecule has 0 amide bonds. The van der Waals surface area contributed by atoms with Crippen molar-refractivity contribution < 1.29 is 23.1 Å². The molecule has 5 nitrogen and oxygen atoms in total. The highest BCUT2D eigenvalue weighted by molar-refractivity contribution is 7.92. The van der Waals surface area contributed by atoms with Gasteiger partial charge in [-0.2, -0.15) is 0 Å². The van der Waals surface area contributed by atoms with Crippen molar-refractivity contribution in [2.24, 2.45) is 5.41 Å². The monoisotopic (exact) mass is 360 g/mol. The summed E-state index contributed by atoms with van der Waals surface area (Å²) in [6, 6.07) is 15.3. The first-order valence-electron chi connectivity index (χ1n) is 7.93. The molecular weight excluding hydrogens is 340 g/mol. The molecule has 0 aromatic heterocycles. The van der Waals surface area contributed by atoms with E-state index < -0.39 is 32.4 Å². The van der Waals surface area contributed by atoms with E-state index in [-0.39, 0.29) is 11.5 Å². The number of aryl methyl sites for hydroxylation is 1. The van der Waals surface area contributed by atoms with Gasteiger partial charge >= 0.3 is 5.97 Å². The van der Waals surface area contributed by atoms with Gasteiger partial charge in [-0.1, -0.05) is 48.0 Å². The molecule has 1 N–H and O–H groups in total. The average molecular weight is 360 g/mol. The SMILES string of the molecule is COC[C@@]1(C(=O)O)[C@@H](c2ccc(C)cc2)[C@@H]1S(=O)(=O)c1ccccc1. The van der Waals surface area contributed by atoms with Crippen LogP contribution in [0.15, 0.2) is 59.5 Å². The van der Waals surface area contributed by atoms with Gasteiger partial charge in [-0.25, -0.2) is 8.42 Å². The van der Waals surface area contributed by atoms with Gasteiger partial charge in [0, 0.05) is 13.0 Å². The summed E-state index contributed by atoms with van der Waals surface area (Å²) < 4.78 is 31.4. The number of carboxylic acids is 1. The topological polar surface area (TPSA) is 80.7 Å². The van der Waals surface area contributed by atoms with Crippen molar-refractivity contribution in [2.45, 2.75) is 23.0 Å². The maximum atomic E-state index is 13.1. The van der Waals surface area contributed by atoms with Crippen LogP contribution in [0, 0.1) is 12.3 Å². The van der Waals surface area contributed by atoms with Gasteiger partial charge in [0.05, 0.1) is 16.8 Å². The third-order valence-electron chi connectivity index (χ3n) is 4.88. The second kappa shape index (κ2) is 6.28. The predicted octanol–water partition coefficient (Wildman–Crippen LogP) is 2.65. The number of benzene rings is 2. The Hall–Kier alpha value is -2.18. The van der Waals surface area contributed by atoms with Gasteiger partial charge in [0.15, 0.2) is 9.84 Å². The Morgan fingerprint density at radius 2 is 1.72 bits per heavy atom. The Morgan fingerprint density at radius 1 is 1.12 bits per heavy atom. The quantitative estimate of drug-likeness (QED) is 0.856. The molecule has 0 bridgehead atoms. The highest BCUT2D eigenvalue weighted by Gasteiger charge is 2.76. The smallest absolute Gasteiger partial charge is 0.314 e. The third-order valence-corrected chi connectivity index (χ3v) is 7.17. The number of hydrogen-bond acceptors (Lipinski definition) is 4. The van der Waals surface area contributed by atoms with Gasteiger partial charge in [-0.05, 0) is 24.6 Å². The minimum Gasteiger partial charge on any atom is -0.481 e. The van der Waals surface area contributed by atoms with Crippen LogP contribution in [0.25, 0.3) is 0 Å². The van der Waals surface area contributed by atoms with Crippen molar-refractivity contribution in [2.75, 3.05) is 13.7 Å². The first kappa shape index (κ1) is 17.6. The highest BCUT2D eigenvalue weighted by Crippen LogP contribution is 2.64. The lowest BCUT2D eigenvalue weighted by Gasteiger charge is -2.12. The van der Waals surface area contributed by atoms with Gasteiger partial charge in [0.2, 0.25) is 0 Å². The van der Waals surface area contributed by atoms with Gasteiger partial charge in [0.1, 0.15) is 5.41 Å². The minimum absolute atomic E-state index is 0.135. The van der Waals surface area contributed by atoms with E-state index in [1.54, 1.807) is 30.3 Å². The molecule has 1 saturated carbocycles. The molecule has 25 heavy (non-hydrogen) atoms. The van der Waals surface area contributed by atoms with Crippen molar-refractivity contribution in [3.63, 3.8) is 0 Å². The Balaban J connectivity index is 2.12. The number of methoxy groups -OCH3 is 1. The molecular formula is C19H20O5S. The summed E-state index contributed by atoms with van der Waals surface area (Å²) in [4.78, 5) is 12.2. The standard InChI is InChI=1S/C19H20O5S/c1-13-8-10-14(11-9-13)16-17(19(16,12-24-2)18(20)21)25(22,23)15-6-4-3-5-7-15/h3-11,16-17H,12H2,1-2H3,(H,20,21)/t16-,17-,19+/m0/s1. The van der Waals surface area contributed by atoms with Gasteiger partial charge in [0.25, 0.3) is 0 Å². The van der Waals surface area contributed by atoms with Gasteiger partial charge < -0.3 is 9.84 Å². The van der Waals surface area contributed by atoms with E-state index in [9.17, 15) is 18.3 Å². The lowest BCUT2D eigenvalue weighted by Crippen LogP contribution is -2.28. The second-order valence-electron chi connectivity index (χ2n) is 6.45. The van der Waals surface area contributed by atoms with E-state index in [1.165, 1.54) is 19.2 Å². The number of carbonyl (C=O) groups is 1. The number of hydrogen-bond donors (Lipinski definition) is 1. The Labute approximate surface area is 147 Å². The maximum Gasteiger partial charge on any atom is 0.314 e. The molecule has 2 aromatic rings. The van der Waals surface area contributed by atoms with Gasteiger partial charge in [-0.3, -0.25) is 4.79 Å². The summed E-state index contributed by atoms with van der Waals surface area (Å²) in [6.45, 7) is 1.77. The fourth-order valence-corrected chi connectivity index (χ4v) is 5.97. The molecule has 1 aliphatic carbocycles. The Morgan fingerprint density at radius 3 is 2.24 bits per heavy atom. The predicted molar refractivity (Wildman–Crippen MR) is 93.3 cm³/mol. The maximum absolute atomic E-state index is 13.1. The van der Waals surface area contributed by atoms with Crippen LogP contribution in [0.3, 0.4) is 0 Å². The summed E-state index contributed by atoms with van der Waals surface area (Å²) in [6.07, 6.45) is 0. The number of rotatable bonds is 6. The summed E-state index contributed by atoms with van der Waals surface area (Å²) in [5.41, 5.74) is 0.257. The van der Waals surface area contributed by atoms with Crippen molar-refractivity contribution in [1.82, 2.24) is 0 Å². The van der Waals surface area contributed by atoms with Crippen LogP contribution >= 0.6 is 0 Å². The highest BCUT2D eigenvalue weighted by atomic mass is 32.2. The molecule has 0 spiro atoms. The molecule has 1 fully saturated rings. The number of ether oxygens (including phenoxy) is 1. The van der Waals surface area contributed by atoms with E-state index in [4.69, 9.17) is 4.74 Å². The van der Waals surface area contributed by atoms with E-state index in [0.29, 0.717) is 5.56 Å². The number of sulfone groups is 1. The third kappa shape index (κ3) is 2.75. The zero-order chi connectivity index (χ0) is 18.2. The Kier molecular flexibility index (Phi) is 4.43. The molecule has 0 aliphatic heterocycles. The zero-order valence-corrected chi connectivity index (χ0v) is 14.9. The van der Waals surface area contributed by atoms with Crippen LogP contribution < -0.4 is 0 Å². The summed E-state index contributed by atoms with van der Waals surface area (Å²) >= 11 is 0. The largest absolute Gasteiger partial charge is 0.481 e. The molecule has 3 rings (SSSR count). The molecule has 1 aliphatic rings. The summed E-state index contributed by atoms with van der Waals surface area (Å²) in [5, 5.41) is 8.80. The van der Waals surface area contributed by atoms with E-state index in [0.717, 1.165) is 5.56 Å². The fraction of sp³-hybridized carbons (Fsp3) is 0.316. The molecule has 0 radical (unpaired) electrons. The van der Waals surface area contributed by atoms with E-state index in [1.807, 2.05) is 19.1 Å². The lowest BCUT2D eigenvalue weighted by molar-refractivity contribution is -0.145. The molecule has 2 aromatic carbocycles. The molecule has 0 unspecified atom stereocenters. The van der Waals surface area contributed by atoms with Crippen molar-refractivity contribution >= 4 is 15.8 Å².